The molecular formula is C14H24Br2O2. The maximum absolute atomic E-state index is 11.1. The van der Waals surface area contributed by atoms with Crippen molar-refractivity contribution in [3.63, 3.8) is 0 Å². The topological polar surface area (TPSA) is 34.1 Å². The molecular weight excluding hydrogens is 360 g/mol. The zero-order chi connectivity index (χ0) is 13.8. The Labute approximate surface area is 128 Å². The molecule has 0 radical (unpaired) electrons. The molecule has 0 atom stereocenters. The maximum atomic E-state index is 11.1. The fourth-order valence-corrected chi connectivity index (χ4v) is 3.16. The number of carbonyl (C=O) groups is 2. The Morgan fingerprint density at radius 3 is 1.56 bits per heavy atom. The second-order valence-corrected chi connectivity index (χ2v) is 6.34. The number of carbonyl (C=O) groups excluding carboxylic acids is 2. The average molecular weight is 384 g/mol. The third-order valence-corrected chi connectivity index (χ3v) is 4.25. The summed E-state index contributed by atoms with van der Waals surface area (Å²) in [4.78, 5) is 22.2. The lowest BCUT2D eigenvalue weighted by molar-refractivity contribution is -0.122. The van der Waals surface area contributed by atoms with Gasteiger partial charge in [-0.25, -0.2) is 0 Å². The first-order chi connectivity index (χ1) is 8.59. The van der Waals surface area contributed by atoms with Crippen LogP contribution in [0.15, 0.2) is 0 Å². The Kier molecular flexibility index (Phi) is 12.5. The van der Waals surface area contributed by atoms with Gasteiger partial charge in [0, 0.05) is 0 Å². The van der Waals surface area contributed by atoms with Gasteiger partial charge in [-0.1, -0.05) is 64.7 Å². The highest BCUT2D eigenvalue weighted by Gasteiger charge is 2.21. The summed E-state index contributed by atoms with van der Waals surface area (Å²) in [5.74, 6) is -0.505. The lowest BCUT2D eigenvalue weighted by Gasteiger charge is -2.07. The van der Waals surface area contributed by atoms with Crippen molar-refractivity contribution in [3.8, 4) is 0 Å². The van der Waals surface area contributed by atoms with Crippen molar-refractivity contribution in [2.45, 2.75) is 71.1 Å². The molecule has 0 unspecified atom stereocenters. The molecule has 0 spiro atoms. The number of halogens is 2. The van der Waals surface area contributed by atoms with Crippen LogP contribution in [0.4, 0.5) is 0 Å². The number of hydrogen-bond acceptors (Lipinski definition) is 2. The lowest BCUT2D eigenvalue weighted by atomic mass is 10.0. The largest absolute Gasteiger partial charge is 0.286 e. The van der Waals surface area contributed by atoms with E-state index in [4.69, 9.17) is 0 Å². The van der Waals surface area contributed by atoms with Crippen LogP contribution >= 0.6 is 31.9 Å². The molecule has 18 heavy (non-hydrogen) atoms. The Bertz CT molecular complexity index is 228. The van der Waals surface area contributed by atoms with E-state index in [0.717, 1.165) is 12.8 Å². The van der Waals surface area contributed by atoms with Crippen LogP contribution in [0.5, 0.6) is 0 Å². The molecule has 0 fully saturated rings. The minimum Gasteiger partial charge on any atom is -0.286 e. The van der Waals surface area contributed by atoms with Gasteiger partial charge in [-0.05, 0) is 38.3 Å². The van der Waals surface area contributed by atoms with Crippen LogP contribution in [0.1, 0.15) is 71.1 Å². The molecule has 0 aromatic heterocycles. The Morgan fingerprint density at radius 1 is 0.778 bits per heavy atom. The Morgan fingerprint density at radius 2 is 1.17 bits per heavy atom. The van der Waals surface area contributed by atoms with Crippen LogP contribution in [-0.2, 0) is 9.59 Å². The van der Waals surface area contributed by atoms with E-state index in [2.05, 4.69) is 38.8 Å². The molecule has 0 aliphatic heterocycles. The van der Waals surface area contributed by atoms with Crippen molar-refractivity contribution in [1.82, 2.24) is 0 Å². The zero-order valence-corrected chi connectivity index (χ0v) is 14.4. The summed E-state index contributed by atoms with van der Waals surface area (Å²) in [7, 11) is 0. The third-order valence-electron chi connectivity index (χ3n) is 3.14. The van der Waals surface area contributed by atoms with E-state index < -0.39 is 5.92 Å². The van der Waals surface area contributed by atoms with Crippen molar-refractivity contribution in [2.24, 2.45) is 5.92 Å². The van der Waals surface area contributed by atoms with E-state index >= 15 is 0 Å². The summed E-state index contributed by atoms with van der Waals surface area (Å²) < 4.78 is -0.409. The summed E-state index contributed by atoms with van der Waals surface area (Å²) >= 11 is 5.74. The predicted molar refractivity (Wildman–Crippen MR) is 83.2 cm³/mol. The van der Waals surface area contributed by atoms with Crippen LogP contribution in [0, 0.1) is 5.92 Å². The standard InChI is InChI=1S/C14H24Br2O2/c1-2-3-4-5-6-7-8-9-10-11-12(13(15)17)14(16)18/h12H,2-11H2,1H3. The van der Waals surface area contributed by atoms with Gasteiger partial charge in [-0.15, -0.1) is 0 Å². The van der Waals surface area contributed by atoms with Crippen molar-refractivity contribution in [2.75, 3.05) is 0 Å². The molecule has 0 saturated heterocycles. The summed E-state index contributed by atoms with van der Waals surface area (Å²) in [6, 6.07) is 0. The normalized spacial score (nSPS) is 10.9. The molecule has 0 saturated carbocycles. The van der Waals surface area contributed by atoms with E-state index in [0.29, 0.717) is 6.42 Å². The SMILES string of the molecule is CCCCCCCCCCCC(C(=O)Br)C(=O)Br. The lowest BCUT2D eigenvalue weighted by Crippen LogP contribution is -2.15. The molecule has 0 aromatic carbocycles. The zero-order valence-electron chi connectivity index (χ0n) is 11.2. The first-order valence-electron chi connectivity index (χ1n) is 6.98. The fourth-order valence-electron chi connectivity index (χ4n) is 1.98. The smallest absolute Gasteiger partial charge is 0.209 e. The van der Waals surface area contributed by atoms with E-state index in [9.17, 15) is 9.59 Å². The molecule has 0 rings (SSSR count). The molecule has 0 aliphatic carbocycles. The van der Waals surface area contributed by atoms with Crippen LogP contribution in [0.3, 0.4) is 0 Å². The second-order valence-electron chi connectivity index (χ2n) is 4.78. The van der Waals surface area contributed by atoms with Crippen LogP contribution in [0.25, 0.3) is 0 Å². The van der Waals surface area contributed by atoms with Gasteiger partial charge < -0.3 is 0 Å². The Balaban J connectivity index is 3.39. The van der Waals surface area contributed by atoms with Gasteiger partial charge >= 0.3 is 0 Å². The van der Waals surface area contributed by atoms with Crippen molar-refractivity contribution in [3.05, 3.63) is 0 Å². The molecule has 0 bridgehead atoms. The van der Waals surface area contributed by atoms with E-state index in [1.54, 1.807) is 0 Å². The van der Waals surface area contributed by atoms with E-state index in [-0.39, 0.29) is 9.39 Å². The van der Waals surface area contributed by atoms with Crippen LogP contribution in [-0.4, -0.2) is 9.39 Å². The molecule has 0 amide bonds. The van der Waals surface area contributed by atoms with Gasteiger partial charge in [0.25, 0.3) is 0 Å². The van der Waals surface area contributed by atoms with Crippen molar-refractivity contribution >= 4 is 41.2 Å². The van der Waals surface area contributed by atoms with Gasteiger partial charge in [0.2, 0.25) is 9.39 Å². The minimum absolute atomic E-state index is 0.205. The Hall–Kier alpha value is 0.300. The van der Waals surface area contributed by atoms with Crippen molar-refractivity contribution in [1.29, 1.82) is 0 Å². The quantitative estimate of drug-likeness (QED) is 0.258. The van der Waals surface area contributed by atoms with Crippen LogP contribution in [0.2, 0.25) is 0 Å². The highest BCUT2D eigenvalue weighted by Crippen LogP contribution is 2.19. The second kappa shape index (κ2) is 12.3. The molecule has 0 N–H and O–H groups in total. The number of rotatable bonds is 12. The molecule has 2 nitrogen and oxygen atoms in total. The first kappa shape index (κ1) is 18.3. The molecule has 106 valence electrons. The molecule has 0 heterocycles. The monoisotopic (exact) mass is 382 g/mol. The summed E-state index contributed by atoms with van der Waals surface area (Å²) in [6.45, 7) is 2.23. The molecule has 0 aliphatic rings. The highest BCUT2D eigenvalue weighted by atomic mass is 79.9. The fraction of sp³-hybridized carbons (Fsp3) is 0.857. The highest BCUT2D eigenvalue weighted by molar-refractivity contribution is 9.19. The van der Waals surface area contributed by atoms with Gasteiger partial charge in [0.15, 0.2) is 0 Å². The first-order valence-corrected chi connectivity index (χ1v) is 8.56. The van der Waals surface area contributed by atoms with Crippen molar-refractivity contribution < 1.29 is 9.59 Å². The molecule has 0 aromatic rings. The van der Waals surface area contributed by atoms with E-state index in [1.165, 1.54) is 44.9 Å². The van der Waals surface area contributed by atoms with Gasteiger partial charge in [-0.2, -0.15) is 0 Å². The number of unbranched alkanes of at least 4 members (excludes halogenated alkanes) is 8. The van der Waals surface area contributed by atoms with Gasteiger partial charge in [-0.3, -0.25) is 9.59 Å². The van der Waals surface area contributed by atoms with Gasteiger partial charge in [0.05, 0.1) is 5.92 Å². The predicted octanol–water partition coefficient (Wildman–Crippen LogP) is 5.37. The van der Waals surface area contributed by atoms with E-state index in [1.807, 2.05) is 0 Å². The summed E-state index contributed by atoms with van der Waals surface area (Å²) in [5, 5.41) is 0. The maximum Gasteiger partial charge on any atom is 0.209 e. The summed E-state index contributed by atoms with van der Waals surface area (Å²) in [6.07, 6.45) is 11.9. The number of hydrogen-bond donors (Lipinski definition) is 0. The average Bonchev–Trinajstić information content (AvgIpc) is 2.30. The van der Waals surface area contributed by atoms with Crippen LogP contribution < -0.4 is 0 Å². The minimum atomic E-state index is -0.505. The molecule has 4 heteroatoms. The van der Waals surface area contributed by atoms with Gasteiger partial charge in [0.1, 0.15) is 0 Å². The third kappa shape index (κ3) is 10.2. The summed E-state index contributed by atoms with van der Waals surface area (Å²) in [5.41, 5.74) is 0.